The number of amides is 1. The number of aryl methyl sites for hydroxylation is 3. The molecule has 0 unspecified atom stereocenters. The lowest BCUT2D eigenvalue weighted by molar-refractivity contribution is -0.116. The van der Waals surface area contributed by atoms with Gasteiger partial charge in [-0.2, -0.15) is 0 Å². The Labute approximate surface area is 165 Å². The number of benzene rings is 1. The fraction of sp³-hybridized carbons (Fsp3) is 0.300. The number of nitrogens with zero attached hydrogens (tertiary/aromatic N) is 2. The number of anilines is 1. The van der Waals surface area contributed by atoms with Crippen molar-refractivity contribution >= 4 is 39.1 Å². The van der Waals surface area contributed by atoms with Gasteiger partial charge >= 0.3 is 5.97 Å². The van der Waals surface area contributed by atoms with E-state index in [4.69, 9.17) is 0 Å². The number of carboxylic acids is 1. The third kappa shape index (κ3) is 3.55. The Bertz CT molecular complexity index is 1110. The molecule has 0 saturated heterocycles. The van der Waals surface area contributed by atoms with E-state index in [1.165, 1.54) is 9.95 Å². The molecule has 3 aromatic rings. The van der Waals surface area contributed by atoms with Crippen molar-refractivity contribution in [1.29, 1.82) is 0 Å². The maximum atomic E-state index is 12.9. The van der Waals surface area contributed by atoms with Gasteiger partial charge in [0, 0.05) is 11.1 Å². The fourth-order valence-corrected chi connectivity index (χ4v) is 4.14. The minimum Gasteiger partial charge on any atom is -0.478 e. The topological polar surface area (TPSA) is 101 Å². The number of aromatic nitrogens is 2. The van der Waals surface area contributed by atoms with Gasteiger partial charge in [0.2, 0.25) is 5.91 Å². The maximum absolute atomic E-state index is 12.9. The van der Waals surface area contributed by atoms with Crippen LogP contribution in [0.3, 0.4) is 0 Å². The van der Waals surface area contributed by atoms with Gasteiger partial charge in [0.15, 0.2) is 0 Å². The van der Waals surface area contributed by atoms with E-state index in [9.17, 15) is 19.5 Å². The monoisotopic (exact) mass is 399 g/mol. The molecule has 8 heteroatoms. The molecule has 7 nitrogen and oxygen atoms in total. The number of carbonyl (C=O) groups excluding carboxylic acids is 1. The van der Waals surface area contributed by atoms with E-state index < -0.39 is 11.5 Å². The minimum atomic E-state index is -1.19. The summed E-state index contributed by atoms with van der Waals surface area (Å²) in [5.41, 5.74) is 2.22. The van der Waals surface area contributed by atoms with Gasteiger partial charge in [-0.05, 0) is 30.9 Å². The molecule has 0 aliphatic rings. The Morgan fingerprint density at radius 3 is 2.43 bits per heavy atom. The third-order valence-corrected chi connectivity index (χ3v) is 5.55. The van der Waals surface area contributed by atoms with E-state index in [1.54, 1.807) is 6.92 Å². The Balaban J connectivity index is 1.98. The molecule has 0 fully saturated rings. The molecule has 0 radical (unpaired) electrons. The summed E-state index contributed by atoms with van der Waals surface area (Å²) in [6.45, 7) is 5.43. The molecule has 0 bridgehead atoms. The summed E-state index contributed by atoms with van der Waals surface area (Å²) < 4.78 is 1.22. The highest BCUT2D eigenvalue weighted by Crippen LogP contribution is 2.23. The smallest absolute Gasteiger partial charge is 0.337 e. The summed E-state index contributed by atoms with van der Waals surface area (Å²) >= 11 is 1.10. The largest absolute Gasteiger partial charge is 0.478 e. The van der Waals surface area contributed by atoms with Gasteiger partial charge in [-0.3, -0.25) is 14.2 Å². The van der Waals surface area contributed by atoms with Crippen LogP contribution >= 0.6 is 11.3 Å². The van der Waals surface area contributed by atoms with Gasteiger partial charge in [0.05, 0.1) is 10.9 Å². The molecule has 2 heterocycles. The predicted molar refractivity (Wildman–Crippen MR) is 109 cm³/mol. The van der Waals surface area contributed by atoms with Crippen molar-refractivity contribution < 1.29 is 14.7 Å². The lowest BCUT2D eigenvalue weighted by Crippen LogP contribution is -2.30. The quantitative estimate of drug-likeness (QED) is 0.663. The number of nitrogens with one attached hydrogen (secondary N) is 1. The molecule has 1 amide bonds. The Morgan fingerprint density at radius 1 is 1.21 bits per heavy atom. The molecule has 1 aromatic carbocycles. The Hall–Kier alpha value is -3.00. The molecule has 3 rings (SSSR count). The summed E-state index contributed by atoms with van der Waals surface area (Å²) in [5.74, 6) is -1.17. The van der Waals surface area contributed by atoms with E-state index in [0.717, 1.165) is 41.0 Å². The first kappa shape index (κ1) is 19.8. The number of aromatic carboxylic acids is 1. The lowest BCUT2D eigenvalue weighted by Gasteiger charge is -2.15. The van der Waals surface area contributed by atoms with E-state index >= 15 is 0 Å². The standard InChI is InChI=1S/C20H21N3O4S/c1-4-12-7-6-8-13(5-2)17(12)22-15(24)9-23-11(3)21-18-16(19(23)25)14(10-28-18)20(26)27/h6-8,10H,4-5,9H2,1-3H3,(H,22,24)(H,26,27). The van der Waals surface area contributed by atoms with Crippen LogP contribution in [0.2, 0.25) is 0 Å². The van der Waals surface area contributed by atoms with Crippen molar-refractivity contribution in [2.45, 2.75) is 40.2 Å². The molecule has 2 N–H and O–H groups in total. The van der Waals surface area contributed by atoms with Crippen molar-refractivity contribution in [3.63, 3.8) is 0 Å². The van der Waals surface area contributed by atoms with Crippen molar-refractivity contribution in [3.05, 3.63) is 56.4 Å². The zero-order valence-corrected chi connectivity index (χ0v) is 16.7. The van der Waals surface area contributed by atoms with Gasteiger partial charge in [-0.15, -0.1) is 11.3 Å². The Morgan fingerprint density at radius 2 is 1.86 bits per heavy atom. The number of carboxylic acid groups (broad SMARTS) is 1. The van der Waals surface area contributed by atoms with E-state index in [2.05, 4.69) is 10.3 Å². The average molecular weight is 399 g/mol. The van der Waals surface area contributed by atoms with Crippen molar-refractivity contribution in [1.82, 2.24) is 9.55 Å². The molecule has 2 aromatic heterocycles. The second kappa shape index (κ2) is 7.93. The highest BCUT2D eigenvalue weighted by molar-refractivity contribution is 7.17. The first-order valence-electron chi connectivity index (χ1n) is 8.99. The van der Waals surface area contributed by atoms with Gasteiger partial charge in [-0.25, -0.2) is 9.78 Å². The molecular formula is C20H21N3O4S. The van der Waals surface area contributed by atoms with E-state index in [1.807, 2.05) is 32.0 Å². The van der Waals surface area contributed by atoms with Crippen LogP contribution in [0.4, 0.5) is 5.69 Å². The maximum Gasteiger partial charge on any atom is 0.337 e. The lowest BCUT2D eigenvalue weighted by atomic mass is 10.0. The second-order valence-electron chi connectivity index (χ2n) is 6.39. The van der Waals surface area contributed by atoms with Crippen LogP contribution in [0.5, 0.6) is 0 Å². The van der Waals surface area contributed by atoms with Gasteiger partial charge in [0.1, 0.15) is 17.2 Å². The van der Waals surface area contributed by atoms with E-state index in [0.29, 0.717) is 10.7 Å². The first-order chi connectivity index (χ1) is 13.4. The normalized spacial score (nSPS) is 11.0. The number of hydrogen-bond acceptors (Lipinski definition) is 5. The van der Waals surface area contributed by atoms with Crippen LogP contribution in [-0.2, 0) is 24.2 Å². The third-order valence-electron chi connectivity index (χ3n) is 4.68. The molecule has 0 saturated carbocycles. The second-order valence-corrected chi connectivity index (χ2v) is 7.25. The number of hydrogen-bond donors (Lipinski definition) is 2. The fourth-order valence-electron chi connectivity index (χ4n) is 3.20. The number of carbonyl (C=O) groups is 2. The summed E-state index contributed by atoms with van der Waals surface area (Å²) in [6, 6.07) is 5.89. The molecule has 0 spiro atoms. The molecule has 0 aliphatic carbocycles. The van der Waals surface area contributed by atoms with E-state index in [-0.39, 0.29) is 23.4 Å². The summed E-state index contributed by atoms with van der Waals surface area (Å²) in [4.78, 5) is 41.6. The van der Waals surface area contributed by atoms with Crippen molar-refractivity contribution in [3.8, 4) is 0 Å². The molecule has 28 heavy (non-hydrogen) atoms. The first-order valence-corrected chi connectivity index (χ1v) is 9.87. The van der Waals surface area contributed by atoms with Crippen LogP contribution in [0.15, 0.2) is 28.4 Å². The van der Waals surface area contributed by atoms with Crippen LogP contribution in [0, 0.1) is 6.92 Å². The molecular weight excluding hydrogens is 378 g/mol. The summed E-state index contributed by atoms with van der Waals surface area (Å²) in [7, 11) is 0. The van der Waals surface area contributed by atoms with Crippen LogP contribution in [0.25, 0.3) is 10.2 Å². The van der Waals surface area contributed by atoms with Crippen LogP contribution < -0.4 is 10.9 Å². The molecule has 0 aliphatic heterocycles. The van der Waals surface area contributed by atoms with Gasteiger partial charge in [0.25, 0.3) is 5.56 Å². The summed E-state index contributed by atoms with van der Waals surface area (Å²) in [5, 5.41) is 13.7. The average Bonchev–Trinajstić information content (AvgIpc) is 3.09. The van der Waals surface area contributed by atoms with Gasteiger partial charge < -0.3 is 10.4 Å². The number of thiophene rings is 1. The number of fused-ring (bicyclic) bond motifs is 1. The van der Waals surface area contributed by atoms with Gasteiger partial charge in [-0.1, -0.05) is 32.0 Å². The number of rotatable bonds is 6. The predicted octanol–water partition coefficient (Wildman–Crippen LogP) is 3.23. The van der Waals surface area contributed by atoms with Crippen LogP contribution in [0.1, 0.15) is 41.2 Å². The van der Waals surface area contributed by atoms with Crippen molar-refractivity contribution in [2.24, 2.45) is 0 Å². The van der Waals surface area contributed by atoms with Crippen LogP contribution in [-0.4, -0.2) is 26.5 Å². The molecule has 0 atom stereocenters. The summed E-state index contributed by atoms with van der Waals surface area (Å²) in [6.07, 6.45) is 1.54. The zero-order valence-electron chi connectivity index (χ0n) is 15.9. The highest BCUT2D eigenvalue weighted by atomic mass is 32.1. The highest BCUT2D eigenvalue weighted by Gasteiger charge is 2.20. The minimum absolute atomic E-state index is 0.0408. The molecule has 146 valence electrons. The zero-order chi connectivity index (χ0) is 20.4. The SMILES string of the molecule is CCc1cccc(CC)c1NC(=O)Cn1c(C)nc2scc(C(=O)O)c2c1=O. The van der Waals surface area contributed by atoms with Crippen molar-refractivity contribution in [2.75, 3.05) is 5.32 Å². The number of para-hydroxylation sites is 1. The Kier molecular flexibility index (Phi) is 5.60.